The number of allylic oxidation sites excluding steroid dienone is 4. The Bertz CT molecular complexity index is 540. The minimum atomic E-state index is -1.74. The molecule has 0 aromatic rings. The molecule has 1 amide bonds. The summed E-state index contributed by atoms with van der Waals surface area (Å²) in [6.45, 7) is 7.33. The molecular weight excluding hydrogens is 413 g/mol. The van der Waals surface area contributed by atoms with Gasteiger partial charge in [0.05, 0.1) is 0 Å². The summed E-state index contributed by atoms with van der Waals surface area (Å²) >= 11 is 23.3. The molecule has 0 spiro atoms. The topological polar surface area (TPSA) is 53.2 Å². The molecule has 1 aliphatic rings. The lowest BCUT2D eigenvalue weighted by atomic mass is 9.96. The molecule has 1 rings (SSSR count). The Hall–Kier alpha value is -0.750. The molecule has 0 aromatic carbocycles. The number of carbonyl (C=O) groups excluding carboxylic acids is 1. The predicted molar refractivity (Wildman–Crippen MR) is 116 cm³/mol. The Labute approximate surface area is 176 Å². The minimum absolute atomic E-state index is 0.230. The summed E-state index contributed by atoms with van der Waals surface area (Å²) in [5, 5.41) is 9.19. The summed E-state index contributed by atoms with van der Waals surface area (Å²) in [4.78, 5) is 12.2. The van der Waals surface area contributed by atoms with Gasteiger partial charge in [-0.1, -0.05) is 85.5 Å². The third-order valence-corrected chi connectivity index (χ3v) is 4.97. The summed E-state index contributed by atoms with van der Waals surface area (Å²) in [5.41, 5.74) is 0.906. The van der Waals surface area contributed by atoms with E-state index in [2.05, 4.69) is 29.1 Å². The number of carbonyl (C=O) groups is 1. The zero-order chi connectivity index (χ0) is 19.6. The summed E-state index contributed by atoms with van der Waals surface area (Å²) in [7, 11) is 0. The average molecular weight is 439 g/mol. The second-order valence-electron chi connectivity index (χ2n) is 6.18. The van der Waals surface area contributed by atoms with Crippen molar-refractivity contribution in [3.63, 3.8) is 0 Å². The first-order chi connectivity index (χ1) is 12.3. The number of amides is 1. The van der Waals surface area contributed by atoms with Crippen molar-refractivity contribution in [3.05, 3.63) is 37.0 Å². The van der Waals surface area contributed by atoms with E-state index in [0.717, 1.165) is 18.4 Å². The van der Waals surface area contributed by atoms with E-state index in [4.69, 9.17) is 47.0 Å². The summed E-state index contributed by atoms with van der Waals surface area (Å²) in [6.07, 6.45) is 10.7. The highest BCUT2D eigenvalue weighted by atomic mass is 35.6. The number of thiocarbonyl (C=S) groups is 1. The Kier molecular flexibility index (Phi) is 10.6. The van der Waals surface area contributed by atoms with Gasteiger partial charge in [0.2, 0.25) is 9.70 Å². The molecule has 0 bridgehead atoms. The number of nitrogens with one attached hydrogen (secondary N) is 3. The highest BCUT2D eigenvalue weighted by Gasteiger charge is 2.34. The molecule has 1 unspecified atom stereocenters. The molecule has 1 atom stereocenters. The molecule has 0 aromatic heterocycles. The summed E-state index contributed by atoms with van der Waals surface area (Å²) in [5.74, 6) is -0.258. The maximum atomic E-state index is 12.2. The largest absolute Gasteiger partial charge is 0.360 e. The molecule has 3 N–H and O–H groups in total. The zero-order valence-electron chi connectivity index (χ0n) is 14.7. The van der Waals surface area contributed by atoms with E-state index in [-0.39, 0.29) is 12.3 Å². The maximum absolute atomic E-state index is 12.2. The van der Waals surface area contributed by atoms with E-state index in [0.29, 0.717) is 17.6 Å². The molecule has 1 fully saturated rings. The van der Waals surface area contributed by atoms with Crippen LogP contribution in [0, 0.1) is 0 Å². The Morgan fingerprint density at radius 1 is 1.15 bits per heavy atom. The van der Waals surface area contributed by atoms with Gasteiger partial charge in [0.1, 0.15) is 6.17 Å². The van der Waals surface area contributed by atoms with Gasteiger partial charge < -0.3 is 16.0 Å². The second-order valence-corrected chi connectivity index (χ2v) is 8.95. The Balaban J connectivity index is 2.56. The monoisotopic (exact) mass is 437 g/mol. The quantitative estimate of drug-likeness (QED) is 0.223. The van der Waals surface area contributed by atoms with Gasteiger partial charge in [-0.25, -0.2) is 0 Å². The van der Waals surface area contributed by atoms with Crippen LogP contribution in [0.3, 0.4) is 0 Å². The van der Waals surface area contributed by atoms with Crippen molar-refractivity contribution in [1.29, 1.82) is 0 Å². The first kappa shape index (κ1) is 23.3. The van der Waals surface area contributed by atoms with Crippen LogP contribution in [-0.2, 0) is 4.79 Å². The fraction of sp³-hybridized carbons (Fsp3) is 0.556. The molecule has 8 heteroatoms. The van der Waals surface area contributed by atoms with Crippen LogP contribution in [0.25, 0.3) is 0 Å². The molecule has 26 heavy (non-hydrogen) atoms. The average Bonchev–Trinajstić information content (AvgIpc) is 2.58. The fourth-order valence-electron chi connectivity index (χ4n) is 2.70. The van der Waals surface area contributed by atoms with E-state index >= 15 is 0 Å². The normalized spacial score (nSPS) is 17.1. The minimum Gasteiger partial charge on any atom is -0.360 e. The smallest absolute Gasteiger partial charge is 0.228 e. The van der Waals surface area contributed by atoms with Crippen molar-refractivity contribution in [2.45, 2.75) is 60.9 Å². The number of halogens is 3. The van der Waals surface area contributed by atoms with Crippen molar-refractivity contribution in [2.24, 2.45) is 0 Å². The molecule has 4 nitrogen and oxygen atoms in total. The predicted octanol–water partition coefficient (Wildman–Crippen LogP) is 4.67. The van der Waals surface area contributed by atoms with Gasteiger partial charge >= 0.3 is 0 Å². The maximum Gasteiger partial charge on any atom is 0.228 e. The van der Waals surface area contributed by atoms with Crippen LogP contribution in [0.4, 0.5) is 0 Å². The van der Waals surface area contributed by atoms with Crippen LogP contribution in [-0.4, -0.2) is 27.0 Å². The van der Waals surface area contributed by atoms with Crippen molar-refractivity contribution in [1.82, 2.24) is 16.0 Å². The Morgan fingerprint density at radius 3 is 2.35 bits per heavy atom. The molecule has 0 saturated heterocycles. The third kappa shape index (κ3) is 9.26. The van der Waals surface area contributed by atoms with Gasteiger partial charge in [-0.15, -0.1) is 0 Å². The van der Waals surface area contributed by atoms with Crippen LogP contribution < -0.4 is 16.0 Å². The standard InChI is InChI=1S/C18H26Cl3N3OS/c1-3-8-13(4-2)11-12-15(25)23-16(18(19,20)21)24-17(26)22-14-9-6-5-7-10-14/h3-4,8,14,16H,1-2,5-7,9-12H2,(H,23,25)(H2,22,24,26)/b13-8+. The Morgan fingerprint density at radius 2 is 1.81 bits per heavy atom. The first-order valence-corrected chi connectivity index (χ1v) is 10.2. The highest BCUT2D eigenvalue weighted by molar-refractivity contribution is 7.80. The van der Waals surface area contributed by atoms with Gasteiger partial charge in [-0.05, 0) is 37.1 Å². The van der Waals surface area contributed by atoms with Gasteiger partial charge in [0, 0.05) is 12.5 Å². The van der Waals surface area contributed by atoms with Crippen molar-refractivity contribution >= 4 is 58.0 Å². The van der Waals surface area contributed by atoms with Crippen molar-refractivity contribution < 1.29 is 4.79 Å². The molecular formula is C18H26Cl3N3OS. The van der Waals surface area contributed by atoms with Crippen LogP contribution in [0.2, 0.25) is 0 Å². The van der Waals surface area contributed by atoms with E-state index in [1.165, 1.54) is 19.3 Å². The molecule has 0 heterocycles. The zero-order valence-corrected chi connectivity index (χ0v) is 17.8. The third-order valence-electron chi connectivity index (χ3n) is 4.08. The van der Waals surface area contributed by atoms with Gasteiger partial charge in [0.25, 0.3) is 0 Å². The molecule has 0 aliphatic heterocycles. The number of rotatable bonds is 8. The first-order valence-electron chi connectivity index (χ1n) is 8.63. The van der Waals surface area contributed by atoms with Crippen molar-refractivity contribution in [3.8, 4) is 0 Å². The summed E-state index contributed by atoms with van der Waals surface area (Å²) < 4.78 is -1.74. The van der Waals surface area contributed by atoms with Crippen LogP contribution in [0.15, 0.2) is 37.0 Å². The molecule has 1 saturated carbocycles. The SMILES string of the molecule is C=C/C=C(\C=C)CCC(=O)NC(NC(=S)NC1CCCCC1)C(Cl)(Cl)Cl. The van der Waals surface area contributed by atoms with Gasteiger partial charge in [0.15, 0.2) is 5.11 Å². The second kappa shape index (κ2) is 11.9. The van der Waals surface area contributed by atoms with Gasteiger partial charge in [-0.3, -0.25) is 4.79 Å². The number of hydrogen-bond donors (Lipinski definition) is 3. The lowest BCUT2D eigenvalue weighted by Gasteiger charge is -2.30. The summed E-state index contributed by atoms with van der Waals surface area (Å²) in [6, 6.07) is 0.315. The van der Waals surface area contributed by atoms with E-state index in [1.807, 2.05) is 0 Å². The molecule has 1 aliphatic carbocycles. The van der Waals surface area contributed by atoms with Gasteiger partial charge in [-0.2, -0.15) is 0 Å². The van der Waals surface area contributed by atoms with E-state index in [1.54, 1.807) is 18.2 Å². The van der Waals surface area contributed by atoms with Crippen LogP contribution in [0.5, 0.6) is 0 Å². The van der Waals surface area contributed by atoms with E-state index in [9.17, 15) is 4.79 Å². The van der Waals surface area contributed by atoms with Crippen LogP contribution in [0.1, 0.15) is 44.9 Å². The molecule has 0 radical (unpaired) electrons. The van der Waals surface area contributed by atoms with Crippen molar-refractivity contribution in [2.75, 3.05) is 0 Å². The lowest BCUT2D eigenvalue weighted by Crippen LogP contribution is -2.58. The molecule has 146 valence electrons. The number of alkyl halides is 3. The van der Waals surface area contributed by atoms with E-state index < -0.39 is 9.96 Å². The number of hydrogen-bond acceptors (Lipinski definition) is 2. The van der Waals surface area contributed by atoms with Crippen LogP contribution >= 0.6 is 47.0 Å². The highest BCUT2D eigenvalue weighted by Crippen LogP contribution is 2.29. The fourth-order valence-corrected chi connectivity index (χ4v) is 3.31. The lowest BCUT2D eigenvalue weighted by molar-refractivity contribution is -0.121.